The lowest BCUT2D eigenvalue weighted by Gasteiger charge is -2.29. The highest BCUT2D eigenvalue weighted by Crippen LogP contribution is 2.09. The number of carbonyl (C=O) groups excluding carboxylic acids is 2. The van der Waals surface area contributed by atoms with Gasteiger partial charge in [0.25, 0.3) is 0 Å². The van der Waals surface area contributed by atoms with Crippen LogP contribution in [0.25, 0.3) is 0 Å². The van der Waals surface area contributed by atoms with E-state index in [1.807, 2.05) is 36.1 Å². The Bertz CT molecular complexity index is 533. The number of benzene rings is 1. The van der Waals surface area contributed by atoms with Crippen LogP contribution in [-0.4, -0.2) is 67.9 Å². The maximum absolute atomic E-state index is 12.1. The summed E-state index contributed by atoms with van der Waals surface area (Å²) in [4.78, 5) is 27.7. The van der Waals surface area contributed by atoms with Crippen molar-refractivity contribution in [2.45, 2.75) is 6.92 Å². The molecule has 6 nitrogen and oxygen atoms in total. The van der Waals surface area contributed by atoms with Gasteiger partial charge in [0.2, 0.25) is 11.8 Å². The molecule has 1 aromatic rings. The minimum atomic E-state index is -0.110. The molecule has 1 fully saturated rings. The van der Waals surface area contributed by atoms with Crippen molar-refractivity contribution in [2.75, 3.05) is 51.6 Å². The maximum Gasteiger partial charge on any atom is 0.238 e. The molecule has 23 heavy (non-hydrogen) atoms. The lowest BCUT2D eigenvalue weighted by molar-refractivity contribution is -0.133. The van der Waals surface area contributed by atoms with Crippen LogP contribution in [0.1, 0.15) is 5.56 Å². The summed E-state index contributed by atoms with van der Waals surface area (Å²) < 4.78 is 0. The van der Waals surface area contributed by atoms with Crippen molar-refractivity contribution in [1.82, 2.24) is 15.1 Å². The normalized spacial score (nSPS) is 14.3. The molecule has 7 heteroatoms. The highest BCUT2D eigenvalue weighted by atomic mass is 35.5. The summed E-state index contributed by atoms with van der Waals surface area (Å²) in [6.45, 7) is 5.60. The summed E-state index contributed by atoms with van der Waals surface area (Å²) in [7, 11) is 1.79. The number of likely N-dealkylation sites (N-methyl/N-ethyl adjacent to an activating group) is 1. The zero-order chi connectivity index (χ0) is 15.9. The van der Waals surface area contributed by atoms with Gasteiger partial charge in [-0.25, -0.2) is 0 Å². The molecular formula is C16H25ClN4O2. The Morgan fingerprint density at radius 1 is 1.26 bits per heavy atom. The van der Waals surface area contributed by atoms with Crippen LogP contribution in [0.4, 0.5) is 5.69 Å². The van der Waals surface area contributed by atoms with Crippen LogP contribution in [0.2, 0.25) is 0 Å². The number of halogens is 1. The third kappa shape index (κ3) is 6.56. The zero-order valence-corrected chi connectivity index (χ0v) is 14.5. The molecule has 1 heterocycles. The van der Waals surface area contributed by atoms with Gasteiger partial charge in [-0.1, -0.05) is 12.1 Å². The van der Waals surface area contributed by atoms with Gasteiger partial charge in [-0.3, -0.25) is 14.5 Å². The van der Waals surface area contributed by atoms with Crippen molar-refractivity contribution in [3.63, 3.8) is 0 Å². The van der Waals surface area contributed by atoms with E-state index in [0.717, 1.165) is 37.4 Å². The molecule has 0 unspecified atom stereocenters. The highest BCUT2D eigenvalue weighted by molar-refractivity contribution is 5.92. The molecule has 0 bridgehead atoms. The van der Waals surface area contributed by atoms with E-state index in [0.29, 0.717) is 0 Å². The topological polar surface area (TPSA) is 64.7 Å². The number of amides is 2. The van der Waals surface area contributed by atoms with Crippen LogP contribution >= 0.6 is 12.4 Å². The van der Waals surface area contributed by atoms with Crippen LogP contribution in [0, 0.1) is 6.92 Å². The van der Waals surface area contributed by atoms with Crippen LogP contribution in [0.3, 0.4) is 0 Å². The first-order valence-electron chi connectivity index (χ1n) is 7.58. The van der Waals surface area contributed by atoms with E-state index < -0.39 is 0 Å². The number of hydrogen-bond donors (Lipinski definition) is 2. The largest absolute Gasteiger partial charge is 0.339 e. The number of nitrogens with zero attached hydrogens (tertiary/aromatic N) is 2. The maximum atomic E-state index is 12.1. The van der Waals surface area contributed by atoms with Gasteiger partial charge in [0.1, 0.15) is 0 Å². The Balaban J connectivity index is 0.00000264. The molecule has 1 aliphatic rings. The van der Waals surface area contributed by atoms with E-state index in [1.165, 1.54) is 0 Å². The van der Waals surface area contributed by atoms with Crippen molar-refractivity contribution in [3.05, 3.63) is 29.8 Å². The Morgan fingerprint density at radius 3 is 2.61 bits per heavy atom. The van der Waals surface area contributed by atoms with E-state index in [9.17, 15) is 9.59 Å². The number of rotatable bonds is 5. The smallest absolute Gasteiger partial charge is 0.238 e. The second-order valence-electron chi connectivity index (χ2n) is 5.72. The Morgan fingerprint density at radius 2 is 1.96 bits per heavy atom. The average Bonchev–Trinajstić information content (AvgIpc) is 2.47. The SMILES string of the molecule is Cc1cccc(NC(=O)CN(C)CC(=O)N2CCNCC2)c1.Cl. The van der Waals surface area contributed by atoms with Crippen LogP contribution in [-0.2, 0) is 9.59 Å². The summed E-state index contributed by atoms with van der Waals surface area (Å²) in [5, 5.41) is 6.07. The lowest BCUT2D eigenvalue weighted by atomic mass is 10.2. The molecule has 1 saturated heterocycles. The van der Waals surface area contributed by atoms with Crippen molar-refractivity contribution < 1.29 is 9.59 Å². The number of aryl methyl sites for hydroxylation is 1. The minimum Gasteiger partial charge on any atom is -0.339 e. The monoisotopic (exact) mass is 340 g/mol. The highest BCUT2D eigenvalue weighted by Gasteiger charge is 2.18. The molecule has 1 aromatic carbocycles. The third-order valence-corrected chi connectivity index (χ3v) is 3.59. The Kier molecular flexibility index (Phi) is 8.02. The molecule has 0 aromatic heterocycles. The first-order valence-corrected chi connectivity index (χ1v) is 7.58. The zero-order valence-electron chi connectivity index (χ0n) is 13.7. The van der Waals surface area contributed by atoms with E-state index in [1.54, 1.807) is 11.9 Å². The molecule has 2 amide bonds. The molecule has 0 atom stereocenters. The predicted octanol–water partition coefficient (Wildman–Crippen LogP) is 0.719. The van der Waals surface area contributed by atoms with E-state index in [2.05, 4.69) is 10.6 Å². The minimum absolute atomic E-state index is 0. The Hall–Kier alpha value is -1.63. The summed E-state index contributed by atoms with van der Waals surface area (Å²) in [5.74, 6) is -0.0337. The summed E-state index contributed by atoms with van der Waals surface area (Å²) in [6.07, 6.45) is 0. The van der Waals surface area contributed by atoms with Gasteiger partial charge in [0, 0.05) is 31.9 Å². The predicted molar refractivity (Wildman–Crippen MR) is 94.0 cm³/mol. The molecule has 0 saturated carbocycles. The van der Waals surface area contributed by atoms with Gasteiger partial charge >= 0.3 is 0 Å². The lowest BCUT2D eigenvalue weighted by Crippen LogP contribution is -2.49. The first-order chi connectivity index (χ1) is 10.5. The van der Waals surface area contributed by atoms with Gasteiger partial charge in [-0.05, 0) is 31.7 Å². The van der Waals surface area contributed by atoms with Crippen LogP contribution < -0.4 is 10.6 Å². The molecule has 0 aliphatic carbocycles. The first kappa shape index (κ1) is 19.4. The molecule has 0 radical (unpaired) electrons. The third-order valence-electron chi connectivity index (χ3n) is 3.59. The van der Waals surface area contributed by atoms with Gasteiger partial charge in [0.05, 0.1) is 13.1 Å². The fourth-order valence-corrected chi connectivity index (χ4v) is 2.47. The van der Waals surface area contributed by atoms with Crippen LogP contribution in [0.15, 0.2) is 24.3 Å². The fraction of sp³-hybridized carbons (Fsp3) is 0.500. The van der Waals surface area contributed by atoms with E-state index in [-0.39, 0.29) is 37.3 Å². The van der Waals surface area contributed by atoms with Crippen molar-refractivity contribution in [1.29, 1.82) is 0 Å². The van der Waals surface area contributed by atoms with Gasteiger partial charge in [0.15, 0.2) is 0 Å². The molecule has 1 aliphatic heterocycles. The van der Waals surface area contributed by atoms with E-state index in [4.69, 9.17) is 0 Å². The number of hydrogen-bond acceptors (Lipinski definition) is 4. The van der Waals surface area contributed by atoms with Crippen LogP contribution in [0.5, 0.6) is 0 Å². The fourth-order valence-electron chi connectivity index (χ4n) is 2.47. The number of piperazine rings is 1. The number of anilines is 1. The summed E-state index contributed by atoms with van der Waals surface area (Å²) >= 11 is 0. The van der Waals surface area contributed by atoms with Gasteiger partial charge in [-0.15, -0.1) is 12.4 Å². The summed E-state index contributed by atoms with van der Waals surface area (Å²) in [5.41, 5.74) is 1.88. The van der Waals surface area contributed by atoms with E-state index >= 15 is 0 Å². The van der Waals surface area contributed by atoms with Crippen molar-refractivity contribution in [3.8, 4) is 0 Å². The molecule has 2 rings (SSSR count). The molecule has 0 spiro atoms. The standard InChI is InChI=1S/C16H24N4O2.ClH/c1-13-4-3-5-14(10-13)18-15(21)11-19(2)12-16(22)20-8-6-17-7-9-20;/h3-5,10,17H,6-9,11-12H2,1-2H3,(H,18,21);1H. The Labute approximate surface area is 143 Å². The molecule has 128 valence electrons. The van der Waals surface area contributed by atoms with Crippen molar-refractivity contribution in [2.24, 2.45) is 0 Å². The second kappa shape index (κ2) is 9.50. The van der Waals surface area contributed by atoms with Gasteiger partial charge in [-0.2, -0.15) is 0 Å². The van der Waals surface area contributed by atoms with Gasteiger partial charge < -0.3 is 15.5 Å². The average molecular weight is 341 g/mol. The molecular weight excluding hydrogens is 316 g/mol. The number of nitrogens with one attached hydrogen (secondary N) is 2. The summed E-state index contributed by atoms with van der Waals surface area (Å²) in [6, 6.07) is 7.66. The number of carbonyl (C=O) groups is 2. The quantitative estimate of drug-likeness (QED) is 0.829. The second-order valence-corrected chi connectivity index (χ2v) is 5.72. The molecule has 2 N–H and O–H groups in total. The van der Waals surface area contributed by atoms with Crippen molar-refractivity contribution >= 4 is 29.9 Å².